The molecule has 0 unspecified atom stereocenters. The molecular formula is C11H16BrN3O2. The van der Waals surface area contributed by atoms with Crippen LogP contribution in [-0.2, 0) is 9.53 Å². The van der Waals surface area contributed by atoms with Gasteiger partial charge in [0.2, 0.25) is 0 Å². The van der Waals surface area contributed by atoms with E-state index in [1.54, 1.807) is 19.1 Å². The van der Waals surface area contributed by atoms with Gasteiger partial charge in [-0.15, -0.1) is 0 Å². The molecule has 1 aromatic rings. The van der Waals surface area contributed by atoms with Gasteiger partial charge < -0.3 is 15.5 Å². The molecule has 0 heterocycles. The summed E-state index contributed by atoms with van der Waals surface area (Å²) in [6.45, 7) is 2.51. The average molecular weight is 302 g/mol. The Bertz CT molecular complexity index is 398. The Labute approximate surface area is 109 Å². The molecule has 0 aromatic heterocycles. The fourth-order valence-electron chi connectivity index (χ4n) is 1.33. The predicted octanol–water partition coefficient (Wildman–Crippen LogP) is 1.66. The van der Waals surface area contributed by atoms with E-state index in [1.807, 2.05) is 6.07 Å². The van der Waals surface area contributed by atoms with Gasteiger partial charge in [-0.2, -0.15) is 0 Å². The Kier molecular flexibility index (Phi) is 5.24. The Morgan fingerprint density at radius 1 is 1.53 bits per heavy atom. The number of halogens is 1. The predicted molar refractivity (Wildman–Crippen MR) is 71.3 cm³/mol. The number of nitrogens with zero attached hydrogens (tertiary/aromatic N) is 1. The molecule has 5 nitrogen and oxygen atoms in total. The number of hydrazine groups is 1. The normalized spacial score (nSPS) is 10.1. The van der Waals surface area contributed by atoms with Crippen molar-refractivity contribution in [3.05, 3.63) is 22.7 Å². The van der Waals surface area contributed by atoms with Crippen LogP contribution in [0.25, 0.3) is 0 Å². The first-order valence-electron chi connectivity index (χ1n) is 5.27. The average Bonchev–Trinajstić information content (AvgIpc) is 2.29. The monoisotopic (exact) mass is 301 g/mol. The molecule has 0 aliphatic rings. The molecule has 0 amide bonds. The maximum atomic E-state index is 11.2. The summed E-state index contributed by atoms with van der Waals surface area (Å²) in [5, 5.41) is 1.44. The van der Waals surface area contributed by atoms with Crippen molar-refractivity contribution in [2.24, 2.45) is 5.84 Å². The molecule has 0 atom stereocenters. The molecule has 17 heavy (non-hydrogen) atoms. The fourth-order valence-corrected chi connectivity index (χ4v) is 1.68. The van der Waals surface area contributed by atoms with Crippen molar-refractivity contribution >= 4 is 33.3 Å². The van der Waals surface area contributed by atoms with E-state index in [1.165, 1.54) is 5.01 Å². The zero-order valence-corrected chi connectivity index (χ0v) is 11.2. The molecular weight excluding hydrogens is 286 g/mol. The highest BCUT2D eigenvalue weighted by molar-refractivity contribution is 9.10. The molecule has 4 N–H and O–H groups in total. The van der Waals surface area contributed by atoms with E-state index in [4.69, 9.17) is 16.3 Å². The van der Waals surface area contributed by atoms with E-state index in [2.05, 4.69) is 15.9 Å². The Balaban J connectivity index is 2.60. The lowest BCUT2D eigenvalue weighted by Gasteiger charge is -2.20. The molecule has 0 spiro atoms. The highest BCUT2D eigenvalue weighted by Gasteiger charge is 2.09. The van der Waals surface area contributed by atoms with Gasteiger partial charge in [-0.1, -0.05) is 15.9 Å². The van der Waals surface area contributed by atoms with E-state index in [0.29, 0.717) is 24.5 Å². The second-order valence-electron chi connectivity index (χ2n) is 3.45. The number of rotatable bonds is 5. The Hall–Kier alpha value is -1.27. The van der Waals surface area contributed by atoms with Gasteiger partial charge in [0.1, 0.15) is 0 Å². The SMILES string of the molecule is CCOC(=O)CCN(N)c1cc(Br)ccc1N. The first-order valence-corrected chi connectivity index (χ1v) is 6.06. The number of benzene rings is 1. The summed E-state index contributed by atoms with van der Waals surface area (Å²) < 4.78 is 5.70. The van der Waals surface area contributed by atoms with E-state index in [9.17, 15) is 4.79 Å². The summed E-state index contributed by atoms with van der Waals surface area (Å²) in [5.41, 5.74) is 7.05. The van der Waals surface area contributed by atoms with Gasteiger partial charge in [0.05, 0.1) is 24.4 Å². The first kappa shape index (κ1) is 13.8. The minimum Gasteiger partial charge on any atom is -0.466 e. The third kappa shape index (κ3) is 4.24. The number of ether oxygens (including phenoxy) is 1. The lowest BCUT2D eigenvalue weighted by molar-refractivity contribution is -0.142. The topological polar surface area (TPSA) is 81.6 Å². The Morgan fingerprint density at radius 3 is 2.88 bits per heavy atom. The number of hydrogen-bond acceptors (Lipinski definition) is 5. The minimum absolute atomic E-state index is 0.232. The zero-order chi connectivity index (χ0) is 12.8. The number of anilines is 2. The van der Waals surface area contributed by atoms with Gasteiger partial charge in [-0.3, -0.25) is 4.79 Å². The van der Waals surface area contributed by atoms with Gasteiger partial charge in [-0.25, -0.2) is 5.84 Å². The lowest BCUT2D eigenvalue weighted by Crippen LogP contribution is -2.33. The van der Waals surface area contributed by atoms with Gasteiger partial charge in [0.15, 0.2) is 0 Å². The number of esters is 1. The second kappa shape index (κ2) is 6.46. The molecule has 0 saturated carbocycles. The van der Waals surface area contributed by atoms with Crippen LogP contribution in [0.3, 0.4) is 0 Å². The second-order valence-corrected chi connectivity index (χ2v) is 4.37. The quantitative estimate of drug-likeness (QED) is 0.374. The van der Waals surface area contributed by atoms with Crippen molar-refractivity contribution in [1.82, 2.24) is 0 Å². The van der Waals surface area contributed by atoms with Crippen LogP contribution in [0.15, 0.2) is 22.7 Å². The van der Waals surface area contributed by atoms with Crippen LogP contribution in [0.1, 0.15) is 13.3 Å². The third-order valence-corrected chi connectivity index (χ3v) is 2.66. The van der Waals surface area contributed by atoms with Gasteiger partial charge in [-0.05, 0) is 25.1 Å². The maximum absolute atomic E-state index is 11.2. The standard InChI is InChI=1S/C11H16BrN3O2/c1-2-17-11(16)5-6-15(14)10-7-8(12)3-4-9(10)13/h3-4,7H,2,5-6,13-14H2,1H3. The van der Waals surface area contributed by atoms with Crippen LogP contribution in [-0.4, -0.2) is 19.1 Å². The highest BCUT2D eigenvalue weighted by Crippen LogP contribution is 2.25. The number of nitrogens with two attached hydrogens (primary N) is 2. The number of carbonyl (C=O) groups excluding carboxylic acids is 1. The maximum Gasteiger partial charge on any atom is 0.307 e. The van der Waals surface area contributed by atoms with Crippen molar-refractivity contribution < 1.29 is 9.53 Å². The molecule has 0 fully saturated rings. The molecule has 94 valence electrons. The number of carbonyl (C=O) groups is 1. The largest absolute Gasteiger partial charge is 0.466 e. The van der Waals surface area contributed by atoms with Crippen molar-refractivity contribution in [3.8, 4) is 0 Å². The number of nitrogen functional groups attached to an aromatic ring is 1. The van der Waals surface area contributed by atoms with Crippen LogP contribution in [0.2, 0.25) is 0 Å². The van der Waals surface area contributed by atoms with Crippen LogP contribution in [0, 0.1) is 0 Å². The fraction of sp³-hybridized carbons (Fsp3) is 0.364. The van der Waals surface area contributed by atoms with Crippen LogP contribution in [0.4, 0.5) is 11.4 Å². The molecule has 0 saturated heterocycles. The van der Waals surface area contributed by atoms with E-state index in [0.717, 1.165) is 4.47 Å². The summed E-state index contributed by atoms with van der Waals surface area (Å²) in [5.74, 6) is 5.57. The smallest absolute Gasteiger partial charge is 0.307 e. The minimum atomic E-state index is -0.267. The van der Waals surface area contributed by atoms with Crippen LogP contribution < -0.4 is 16.6 Å². The molecule has 0 aliphatic heterocycles. The van der Waals surface area contributed by atoms with Crippen molar-refractivity contribution in [1.29, 1.82) is 0 Å². The summed E-state index contributed by atoms with van der Waals surface area (Å²) in [6.07, 6.45) is 0.232. The van der Waals surface area contributed by atoms with E-state index >= 15 is 0 Å². The summed E-state index contributed by atoms with van der Waals surface area (Å²) in [4.78, 5) is 11.2. The van der Waals surface area contributed by atoms with Gasteiger partial charge >= 0.3 is 5.97 Å². The molecule has 1 rings (SSSR count). The number of hydrogen-bond donors (Lipinski definition) is 2. The molecule has 1 aromatic carbocycles. The lowest BCUT2D eigenvalue weighted by atomic mass is 10.2. The van der Waals surface area contributed by atoms with Crippen LogP contribution >= 0.6 is 15.9 Å². The summed E-state index contributed by atoms with van der Waals surface area (Å²) >= 11 is 3.34. The first-order chi connectivity index (χ1) is 8.04. The van der Waals surface area contributed by atoms with E-state index in [-0.39, 0.29) is 12.4 Å². The van der Waals surface area contributed by atoms with Crippen molar-refractivity contribution in [3.63, 3.8) is 0 Å². The van der Waals surface area contributed by atoms with Gasteiger partial charge in [0.25, 0.3) is 0 Å². The van der Waals surface area contributed by atoms with E-state index < -0.39 is 0 Å². The van der Waals surface area contributed by atoms with Crippen LogP contribution in [0.5, 0.6) is 0 Å². The van der Waals surface area contributed by atoms with Crippen molar-refractivity contribution in [2.45, 2.75) is 13.3 Å². The van der Waals surface area contributed by atoms with Gasteiger partial charge in [0, 0.05) is 11.0 Å². The molecule has 0 radical (unpaired) electrons. The molecule has 0 bridgehead atoms. The molecule has 0 aliphatic carbocycles. The highest BCUT2D eigenvalue weighted by atomic mass is 79.9. The summed E-state index contributed by atoms with van der Waals surface area (Å²) in [6, 6.07) is 5.39. The third-order valence-electron chi connectivity index (χ3n) is 2.16. The van der Waals surface area contributed by atoms with Crippen molar-refractivity contribution in [2.75, 3.05) is 23.9 Å². The molecule has 6 heteroatoms. The zero-order valence-electron chi connectivity index (χ0n) is 9.65. The Morgan fingerprint density at radius 2 is 2.24 bits per heavy atom. The summed E-state index contributed by atoms with van der Waals surface area (Å²) in [7, 11) is 0.